The summed E-state index contributed by atoms with van der Waals surface area (Å²) in [7, 11) is 0. The second kappa shape index (κ2) is 4.72. The molecule has 3 aromatic rings. The molecule has 0 spiro atoms. The van der Waals surface area contributed by atoms with Crippen LogP contribution in [0.2, 0.25) is 0 Å². The van der Waals surface area contributed by atoms with Crippen LogP contribution in [0.5, 0.6) is 5.88 Å². The summed E-state index contributed by atoms with van der Waals surface area (Å²) in [4.78, 5) is 8.60. The molecule has 0 atom stereocenters. The van der Waals surface area contributed by atoms with Crippen LogP contribution < -0.4 is 4.74 Å². The fourth-order valence-electron chi connectivity index (χ4n) is 2.02. The Morgan fingerprint density at radius 2 is 1.95 bits per heavy atom. The summed E-state index contributed by atoms with van der Waals surface area (Å²) in [5.41, 5.74) is 4.35. The van der Waals surface area contributed by atoms with Crippen molar-refractivity contribution in [3.8, 4) is 5.88 Å². The maximum absolute atomic E-state index is 5.78. The molecule has 3 rings (SSSR count). The molecule has 4 nitrogen and oxygen atoms in total. The van der Waals surface area contributed by atoms with E-state index < -0.39 is 0 Å². The van der Waals surface area contributed by atoms with Gasteiger partial charge in [-0.05, 0) is 19.4 Å². The zero-order chi connectivity index (χ0) is 13.2. The molecular weight excluding hydrogens is 240 g/mol. The molecule has 2 heterocycles. The van der Waals surface area contributed by atoms with Crippen molar-refractivity contribution in [1.29, 1.82) is 0 Å². The van der Waals surface area contributed by atoms with Gasteiger partial charge in [0, 0.05) is 0 Å². The van der Waals surface area contributed by atoms with Gasteiger partial charge in [-0.25, -0.2) is 9.97 Å². The molecular formula is C15H14N2O2. The lowest BCUT2D eigenvalue weighted by molar-refractivity contribution is 0.291. The van der Waals surface area contributed by atoms with E-state index in [4.69, 9.17) is 9.15 Å². The molecule has 0 radical (unpaired) electrons. The highest BCUT2D eigenvalue weighted by molar-refractivity contribution is 5.79. The van der Waals surface area contributed by atoms with Gasteiger partial charge in [-0.15, -0.1) is 0 Å². The number of hydrogen-bond donors (Lipinski definition) is 0. The van der Waals surface area contributed by atoms with E-state index in [0.717, 1.165) is 27.9 Å². The zero-order valence-corrected chi connectivity index (χ0v) is 10.9. The summed E-state index contributed by atoms with van der Waals surface area (Å²) >= 11 is 0. The van der Waals surface area contributed by atoms with E-state index in [1.54, 1.807) is 0 Å². The Balaban J connectivity index is 1.91. The lowest BCUT2D eigenvalue weighted by Crippen LogP contribution is -2.00. The molecule has 0 aliphatic heterocycles. The van der Waals surface area contributed by atoms with Crippen molar-refractivity contribution < 1.29 is 9.15 Å². The Morgan fingerprint density at radius 3 is 2.74 bits per heavy atom. The molecule has 0 aliphatic carbocycles. The van der Waals surface area contributed by atoms with Gasteiger partial charge < -0.3 is 9.15 Å². The monoisotopic (exact) mass is 254 g/mol. The van der Waals surface area contributed by atoms with E-state index >= 15 is 0 Å². The first-order valence-electron chi connectivity index (χ1n) is 6.13. The van der Waals surface area contributed by atoms with Crippen molar-refractivity contribution in [2.75, 3.05) is 0 Å². The average Bonchev–Trinajstić information content (AvgIpc) is 2.92. The fraction of sp³-hybridized carbons (Fsp3) is 0.200. The summed E-state index contributed by atoms with van der Waals surface area (Å²) in [5.74, 6) is 0.602. The highest BCUT2D eigenvalue weighted by Crippen LogP contribution is 2.27. The molecule has 0 saturated heterocycles. The topological polar surface area (TPSA) is 48.2 Å². The second-order valence-corrected chi connectivity index (χ2v) is 4.43. The van der Waals surface area contributed by atoms with Gasteiger partial charge in [0.05, 0.1) is 11.3 Å². The molecule has 0 unspecified atom stereocenters. The van der Waals surface area contributed by atoms with Crippen molar-refractivity contribution >= 4 is 11.1 Å². The van der Waals surface area contributed by atoms with E-state index in [-0.39, 0.29) is 0 Å². The first-order valence-corrected chi connectivity index (χ1v) is 6.13. The molecule has 0 saturated carbocycles. The van der Waals surface area contributed by atoms with E-state index in [0.29, 0.717) is 12.5 Å². The second-order valence-electron chi connectivity index (χ2n) is 4.43. The highest BCUT2D eigenvalue weighted by Gasteiger charge is 2.13. The molecule has 0 fully saturated rings. The van der Waals surface area contributed by atoms with E-state index in [9.17, 15) is 0 Å². The molecule has 19 heavy (non-hydrogen) atoms. The third-order valence-electron chi connectivity index (χ3n) is 3.06. The SMILES string of the molecule is Cc1nc(OCc2ccccc2)c(C)c2ocnc12. The maximum Gasteiger partial charge on any atom is 0.220 e. The van der Waals surface area contributed by atoms with Gasteiger partial charge in [-0.3, -0.25) is 0 Å². The van der Waals surface area contributed by atoms with Crippen molar-refractivity contribution in [3.05, 3.63) is 53.5 Å². The van der Waals surface area contributed by atoms with Crippen LogP contribution in [-0.2, 0) is 6.61 Å². The molecule has 0 amide bonds. The van der Waals surface area contributed by atoms with Crippen LogP contribution in [0.1, 0.15) is 16.8 Å². The minimum Gasteiger partial charge on any atom is -0.472 e. The Morgan fingerprint density at radius 1 is 1.16 bits per heavy atom. The molecule has 0 aliphatic rings. The molecule has 0 N–H and O–H groups in total. The quantitative estimate of drug-likeness (QED) is 0.718. The Labute approximate surface area is 111 Å². The molecule has 0 bridgehead atoms. The van der Waals surface area contributed by atoms with E-state index in [1.807, 2.05) is 44.2 Å². The summed E-state index contributed by atoms with van der Waals surface area (Å²) in [6, 6.07) is 10.0. The summed E-state index contributed by atoms with van der Waals surface area (Å²) in [6.45, 7) is 4.33. The molecule has 1 aromatic carbocycles. The van der Waals surface area contributed by atoms with Gasteiger partial charge in [-0.1, -0.05) is 30.3 Å². The van der Waals surface area contributed by atoms with Crippen LogP contribution in [0.25, 0.3) is 11.1 Å². The predicted octanol–water partition coefficient (Wildman–Crippen LogP) is 3.42. The molecule has 2 aromatic heterocycles. The van der Waals surface area contributed by atoms with Gasteiger partial charge in [0.15, 0.2) is 12.0 Å². The molecule has 4 heteroatoms. The Bertz CT molecular complexity index is 705. The van der Waals surface area contributed by atoms with Crippen LogP contribution in [0.3, 0.4) is 0 Å². The lowest BCUT2D eigenvalue weighted by Gasteiger charge is -2.09. The predicted molar refractivity (Wildman–Crippen MR) is 72.1 cm³/mol. The van der Waals surface area contributed by atoms with Crippen LogP contribution in [-0.4, -0.2) is 9.97 Å². The lowest BCUT2D eigenvalue weighted by atomic mass is 10.2. The number of pyridine rings is 1. The van der Waals surface area contributed by atoms with Gasteiger partial charge in [0.25, 0.3) is 0 Å². The van der Waals surface area contributed by atoms with Crippen LogP contribution in [0.15, 0.2) is 41.1 Å². The third-order valence-corrected chi connectivity index (χ3v) is 3.06. The van der Waals surface area contributed by atoms with Crippen molar-refractivity contribution in [2.45, 2.75) is 20.5 Å². The van der Waals surface area contributed by atoms with Crippen LogP contribution in [0, 0.1) is 13.8 Å². The van der Waals surface area contributed by atoms with Crippen LogP contribution >= 0.6 is 0 Å². The first-order chi connectivity index (χ1) is 9.25. The maximum atomic E-state index is 5.78. The number of hydrogen-bond acceptors (Lipinski definition) is 4. The zero-order valence-electron chi connectivity index (χ0n) is 10.9. The smallest absolute Gasteiger partial charge is 0.220 e. The fourth-order valence-corrected chi connectivity index (χ4v) is 2.02. The summed E-state index contributed by atoms with van der Waals surface area (Å²) < 4.78 is 11.2. The molecule has 96 valence electrons. The largest absolute Gasteiger partial charge is 0.472 e. The van der Waals surface area contributed by atoms with Crippen LogP contribution in [0.4, 0.5) is 0 Å². The number of rotatable bonds is 3. The standard InChI is InChI=1S/C15H14N2O2/c1-10-14-13(16-9-19-14)11(2)17-15(10)18-8-12-6-4-3-5-7-12/h3-7,9H,8H2,1-2H3. The van der Waals surface area contributed by atoms with Crippen molar-refractivity contribution in [1.82, 2.24) is 9.97 Å². The number of oxazole rings is 1. The van der Waals surface area contributed by atoms with Gasteiger partial charge in [-0.2, -0.15) is 0 Å². The van der Waals surface area contributed by atoms with Gasteiger partial charge >= 0.3 is 0 Å². The number of nitrogens with zero attached hydrogens (tertiary/aromatic N) is 2. The number of aryl methyl sites for hydroxylation is 2. The third kappa shape index (κ3) is 2.17. The minimum atomic E-state index is 0.494. The first kappa shape index (κ1) is 11.7. The number of ether oxygens (including phenoxy) is 1. The Hall–Kier alpha value is -2.36. The normalized spacial score (nSPS) is 10.8. The van der Waals surface area contributed by atoms with Crippen molar-refractivity contribution in [3.63, 3.8) is 0 Å². The average molecular weight is 254 g/mol. The van der Waals surface area contributed by atoms with E-state index in [2.05, 4.69) is 9.97 Å². The van der Waals surface area contributed by atoms with Crippen molar-refractivity contribution in [2.24, 2.45) is 0 Å². The number of benzene rings is 1. The van der Waals surface area contributed by atoms with Gasteiger partial charge in [0.1, 0.15) is 12.1 Å². The Kier molecular flexibility index (Phi) is 2.91. The summed E-state index contributed by atoms with van der Waals surface area (Å²) in [5, 5.41) is 0. The van der Waals surface area contributed by atoms with E-state index in [1.165, 1.54) is 6.39 Å². The number of aromatic nitrogens is 2. The number of fused-ring (bicyclic) bond motifs is 1. The minimum absolute atomic E-state index is 0.494. The highest BCUT2D eigenvalue weighted by atomic mass is 16.5. The van der Waals surface area contributed by atoms with Gasteiger partial charge in [0.2, 0.25) is 5.88 Å². The summed E-state index contributed by atoms with van der Waals surface area (Å²) in [6.07, 6.45) is 1.44.